The highest BCUT2D eigenvalue weighted by atomic mass is 32.2. The Morgan fingerprint density at radius 3 is 2.44 bits per heavy atom. The molecular weight excluding hydrogens is 218 g/mol. The number of nitrogens with one attached hydrogen (secondary N) is 1. The van der Waals surface area contributed by atoms with Crippen molar-refractivity contribution < 1.29 is 4.21 Å². The SMILES string of the molecule is CCC1CCC(NCCC(C)S(C)=O)CC1. The van der Waals surface area contributed by atoms with Gasteiger partial charge in [-0.05, 0) is 44.6 Å². The third kappa shape index (κ3) is 4.96. The van der Waals surface area contributed by atoms with E-state index >= 15 is 0 Å². The minimum absolute atomic E-state index is 0.333. The van der Waals surface area contributed by atoms with E-state index in [1.54, 1.807) is 6.26 Å². The average Bonchev–Trinajstić information content (AvgIpc) is 2.29. The zero-order valence-corrected chi connectivity index (χ0v) is 11.8. The molecule has 1 rings (SSSR count). The fraction of sp³-hybridized carbons (Fsp3) is 1.00. The van der Waals surface area contributed by atoms with E-state index in [2.05, 4.69) is 19.2 Å². The molecule has 0 aromatic carbocycles. The van der Waals surface area contributed by atoms with Gasteiger partial charge in [0.25, 0.3) is 0 Å². The van der Waals surface area contributed by atoms with Crippen LogP contribution in [0.1, 0.15) is 52.4 Å². The molecule has 2 atom stereocenters. The zero-order valence-electron chi connectivity index (χ0n) is 11.0. The normalized spacial score (nSPS) is 29.9. The number of hydrogen-bond acceptors (Lipinski definition) is 2. The average molecular weight is 245 g/mol. The molecule has 0 bridgehead atoms. The lowest BCUT2D eigenvalue weighted by Gasteiger charge is -2.28. The van der Waals surface area contributed by atoms with Crippen LogP contribution in [0, 0.1) is 5.92 Å². The Morgan fingerprint density at radius 1 is 1.31 bits per heavy atom. The molecule has 96 valence electrons. The predicted molar refractivity (Wildman–Crippen MR) is 72.2 cm³/mol. The van der Waals surface area contributed by atoms with Gasteiger partial charge in [0.05, 0.1) is 0 Å². The van der Waals surface area contributed by atoms with Crippen LogP contribution in [0.15, 0.2) is 0 Å². The van der Waals surface area contributed by atoms with Crippen molar-refractivity contribution in [1.82, 2.24) is 5.32 Å². The first kappa shape index (κ1) is 14.2. The van der Waals surface area contributed by atoms with Gasteiger partial charge in [-0.25, -0.2) is 0 Å². The van der Waals surface area contributed by atoms with Crippen LogP contribution in [0.3, 0.4) is 0 Å². The molecular formula is C13H27NOS. The van der Waals surface area contributed by atoms with Gasteiger partial charge in [0.2, 0.25) is 0 Å². The van der Waals surface area contributed by atoms with Gasteiger partial charge in [-0.15, -0.1) is 0 Å². The fourth-order valence-corrected chi connectivity index (χ4v) is 2.88. The Bertz CT molecular complexity index is 212. The van der Waals surface area contributed by atoms with Gasteiger partial charge in [0.15, 0.2) is 0 Å². The summed E-state index contributed by atoms with van der Waals surface area (Å²) in [6.45, 7) is 5.41. The van der Waals surface area contributed by atoms with Gasteiger partial charge < -0.3 is 5.32 Å². The first-order valence-corrected chi connectivity index (χ1v) is 8.31. The van der Waals surface area contributed by atoms with Crippen LogP contribution >= 0.6 is 0 Å². The van der Waals surface area contributed by atoms with E-state index in [4.69, 9.17) is 0 Å². The molecule has 3 heteroatoms. The maximum Gasteiger partial charge on any atom is 0.0329 e. The second kappa shape index (κ2) is 7.44. The van der Waals surface area contributed by atoms with Crippen molar-refractivity contribution in [3.8, 4) is 0 Å². The van der Waals surface area contributed by atoms with Crippen molar-refractivity contribution in [2.75, 3.05) is 12.8 Å². The highest BCUT2D eigenvalue weighted by molar-refractivity contribution is 7.84. The van der Waals surface area contributed by atoms with Crippen LogP contribution in [0.5, 0.6) is 0 Å². The number of hydrogen-bond donors (Lipinski definition) is 1. The molecule has 0 aromatic rings. The molecule has 1 aliphatic rings. The van der Waals surface area contributed by atoms with Gasteiger partial charge >= 0.3 is 0 Å². The lowest BCUT2D eigenvalue weighted by Crippen LogP contribution is -2.35. The molecule has 0 aliphatic heterocycles. The third-order valence-corrected chi connectivity index (χ3v) is 5.34. The van der Waals surface area contributed by atoms with Crippen molar-refractivity contribution in [3.05, 3.63) is 0 Å². The van der Waals surface area contributed by atoms with Gasteiger partial charge in [-0.3, -0.25) is 4.21 Å². The summed E-state index contributed by atoms with van der Waals surface area (Å²) >= 11 is 0. The van der Waals surface area contributed by atoms with E-state index in [1.807, 2.05) is 0 Å². The first-order chi connectivity index (χ1) is 7.63. The lowest BCUT2D eigenvalue weighted by atomic mass is 9.84. The van der Waals surface area contributed by atoms with E-state index in [1.165, 1.54) is 32.1 Å². The minimum atomic E-state index is -0.664. The second-order valence-electron chi connectivity index (χ2n) is 5.18. The molecule has 1 fully saturated rings. The van der Waals surface area contributed by atoms with Gasteiger partial charge in [-0.1, -0.05) is 20.3 Å². The second-order valence-corrected chi connectivity index (χ2v) is 6.98. The topological polar surface area (TPSA) is 29.1 Å². The molecule has 0 aromatic heterocycles. The van der Waals surface area contributed by atoms with E-state index in [0.29, 0.717) is 5.25 Å². The van der Waals surface area contributed by atoms with Crippen molar-refractivity contribution in [2.45, 2.75) is 63.7 Å². The molecule has 1 saturated carbocycles. The smallest absolute Gasteiger partial charge is 0.0329 e. The van der Waals surface area contributed by atoms with Crippen LogP contribution in [0.2, 0.25) is 0 Å². The molecule has 0 radical (unpaired) electrons. The highest BCUT2D eigenvalue weighted by Gasteiger charge is 2.19. The largest absolute Gasteiger partial charge is 0.314 e. The molecule has 16 heavy (non-hydrogen) atoms. The minimum Gasteiger partial charge on any atom is -0.314 e. The third-order valence-electron chi connectivity index (χ3n) is 3.97. The van der Waals surface area contributed by atoms with E-state index < -0.39 is 10.8 Å². The zero-order chi connectivity index (χ0) is 12.0. The van der Waals surface area contributed by atoms with Crippen LogP contribution in [-0.4, -0.2) is 28.3 Å². The summed E-state index contributed by atoms with van der Waals surface area (Å²) in [4.78, 5) is 0. The summed E-state index contributed by atoms with van der Waals surface area (Å²) in [7, 11) is -0.664. The van der Waals surface area contributed by atoms with Crippen molar-refractivity contribution in [1.29, 1.82) is 0 Å². The van der Waals surface area contributed by atoms with Gasteiger partial charge in [-0.2, -0.15) is 0 Å². The molecule has 2 unspecified atom stereocenters. The van der Waals surface area contributed by atoms with Gasteiger partial charge in [0.1, 0.15) is 0 Å². The van der Waals surface area contributed by atoms with Crippen molar-refractivity contribution in [3.63, 3.8) is 0 Å². The summed E-state index contributed by atoms with van der Waals surface area (Å²) in [5, 5.41) is 3.95. The standard InChI is InChI=1S/C13H27NOS/c1-4-12-5-7-13(8-6-12)14-10-9-11(2)16(3)15/h11-14H,4-10H2,1-3H3. The Labute approximate surface area is 103 Å². The molecule has 1 aliphatic carbocycles. The maximum absolute atomic E-state index is 11.2. The fourth-order valence-electron chi connectivity index (χ4n) is 2.43. The van der Waals surface area contributed by atoms with Crippen molar-refractivity contribution >= 4 is 10.8 Å². The molecule has 1 N–H and O–H groups in total. The Morgan fingerprint density at radius 2 is 1.94 bits per heavy atom. The predicted octanol–water partition coefficient (Wildman–Crippen LogP) is 2.70. The summed E-state index contributed by atoms with van der Waals surface area (Å²) in [6.07, 6.45) is 9.64. The number of rotatable bonds is 6. The lowest BCUT2D eigenvalue weighted by molar-refractivity contribution is 0.286. The maximum atomic E-state index is 11.2. The Balaban J connectivity index is 2.08. The van der Waals surface area contributed by atoms with E-state index in [0.717, 1.165) is 24.9 Å². The Hall–Kier alpha value is 0.110. The van der Waals surface area contributed by atoms with Gasteiger partial charge in [0, 0.05) is 28.3 Å². The van der Waals surface area contributed by atoms with E-state index in [-0.39, 0.29) is 0 Å². The summed E-state index contributed by atoms with van der Waals surface area (Å²) in [5.74, 6) is 0.972. The summed E-state index contributed by atoms with van der Waals surface area (Å²) in [5.41, 5.74) is 0. The summed E-state index contributed by atoms with van der Waals surface area (Å²) in [6, 6.07) is 0.722. The van der Waals surface area contributed by atoms with Crippen LogP contribution in [0.4, 0.5) is 0 Å². The first-order valence-electron chi connectivity index (χ1n) is 6.69. The Kier molecular flexibility index (Phi) is 6.59. The molecule has 0 spiro atoms. The van der Waals surface area contributed by atoms with Crippen LogP contribution in [0.25, 0.3) is 0 Å². The van der Waals surface area contributed by atoms with Crippen molar-refractivity contribution in [2.24, 2.45) is 5.92 Å². The molecule has 0 amide bonds. The van der Waals surface area contributed by atoms with E-state index in [9.17, 15) is 4.21 Å². The molecule has 2 nitrogen and oxygen atoms in total. The molecule has 0 heterocycles. The highest BCUT2D eigenvalue weighted by Crippen LogP contribution is 2.26. The molecule has 0 saturated heterocycles. The van der Waals surface area contributed by atoms with Crippen LogP contribution < -0.4 is 5.32 Å². The summed E-state index contributed by atoms with van der Waals surface area (Å²) < 4.78 is 11.2. The monoisotopic (exact) mass is 245 g/mol. The quantitative estimate of drug-likeness (QED) is 0.779. The van der Waals surface area contributed by atoms with Crippen LogP contribution in [-0.2, 0) is 10.8 Å².